The SMILES string of the molecule is O=c1ncc2cn([C@@H]3O[C@H](CO)C(O)C3O)c(=S)nc2[nH]1. The number of hydrogen-bond donors (Lipinski definition) is 4. The molecule has 3 rings (SSSR count). The zero-order chi connectivity index (χ0) is 15.1. The van der Waals surface area contributed by atoms with Crippen LogP contribution in [-0.4, -0.2) is 59.8 Å². The van der Waals surface area contributed by atoms with E-state index in [4.69, 9.17) is 22.1 Å². The Morgan fingerprint density at radius 2 is 2.19 bits per heavy atom. The molecule has 1 saturated heterocycles. The van der Waals surface area contributed by atoms with Crippen molar-refractivity contribution in [2.75, 3.05) is 6.61 Å². The van der Waals surface area contributed by atoms with Crippen molar-refractivity contribution < 1.29 is 20.1 Å². The van der Waals surface area contributed by atoms with Crippen LogP contribution in [0.25, 0.3) is 11.0 Å². The Kier molecular flexibility index (Phi) is 3.55. The second kappa shape index (κ2) is 5.24. The third-order valence-corrected chi connectivity index (χ3v) is 3.62. The largest absolute Gasteiger partial charge is 0.394 e. The van der Waals surface area contributed by atoms with Gasteiger partial charge in [-0.3, -0.25) is 9.55 Å². The van der Waals surface area contributed by atoms with Crippen molar-refractivity contribution in [1.29, 1.82) is 0 Å². The highest BCUT2D eigenvalue weighted by atomic mass is 32.1. The van der Waals surface area contributed by atoms with Crippen LogP contribution in [0.1, 0.15) is 6.23 Å². The van der Waals surface area contributed by atoms with Crippen LogP contribution in [0.15, 0.2) is 17.2 Å². The van der Waals surface area contributed by atoms with Gasteiger partial charge >= 0.3 is 5.69 Å². The van der Waals surface area contributed by atoms with Crippen LogP contribution < -0.4 is 5.69 Å². The molecule has 1 aliphatic heterocycles. The summed E-state index contributed by atoms with van der Waals surface area (Å²) in [5.74, 6) is 0. The highest BCUT2D eigenvalue weighted by Crippen LogP contribution is 2.29. The van der Waals surface area contributed by atoms with E-state index in [1.54, 1.807) is 0 Å². The van der Waals surface area contributed by atoms with Gasteiger partial charge in [0.2, 0.25) is 4.77 Å². The number of nitrogens with zero attached hydrogens (tertiary/aromatic N) is 3. The summed E-state index contributed by atoms with van der Waals surface area (Å²) in [6.45, 7) is -0.433. The van der Waals surface area contributed by atoms with Gasteiger partial charge in [-0.25, -0.2) is 14.8 Å². The van der Waals surface area contributed by atoms with Crippen molar-refractivity contribution in [2.45, 2.75) is 24.5 Å². The first kappa shape index (κ1) is 14.2. The molecule has 0 aliphatic carbocycles. The van der Waals surface area contributed by atoms with Gasteiger partial charge in [0.05, 0.1) is 12.0 Å². The number of aromatic nitrogens is 4. The number of fused-ring (bicyclic) bond motifs is 1. The lowest BCUT2D eigenvalue weighted by atomic mass is 10.1. The van der Waals surface area contributed by atoms with Crippen LogP contribution in [0.3, 0.4) is 0 Å². The Hall–Kier alpha value is -1.72. The zero-order valence-electron chi connectivity index (χ0n) is 10.6. The molecule has 4 N–H and O–H groups in total. The number of aliphatic hydroxyl groups excluding tert-OH is 3. The molecule has 0 radical (unpaired) electrons. The number of aliphatic hydroxyl groups is 3. The van der Waals surface area contributed by atoms with E-state index in [0.29, 0.717) is 5.39 Å². The van der Waals surface area contributed by atoms with Gasteiger partial charge in [-0.1, -0.05) is 0 Å². The number of nitrogens with one attached hydrogen (secondary N) is 1. The lowest BCUT2D eigenvalue weighted by Gasteiger charge is -2.18. The summed E-state index contributed by atoms with van der Waals surface area (Å²) in [4.78, 5) is 21.2. The Morgan fingerprint density at radius 3 is 2.86 bits per heavy atom. The molecule has 21 heavy (non-hydrogen) atoms. The van der Waals surface area contributed by atoms with E-state index < -0.39 is 36.8 Å². The van der Waals surface area contributed by atoms with E-state index in [1.807, 2.05) is 0 Å². The molecular formula is C11H12N4O5S. The van der Waals surface area contributed by atoms with E-state index in [-0.39, 0.29) is 10.4 Å². The molecule has 1 aliphatic rings. The molecule has 2 aromatic rings. The third-order valence-electron chi connectivity index (χ3n) is 3.32. The van der Waals surface area contributed by atoms with E-state index in [2.05, 4.69) is 15.0 Å². The molecule has 2 unspecified atom stereocenters. The first-order valence-corrected chi connectivity index (χ1v) is 6.53. The first-order chi connectivity index (χ1) is 10.0. The minimum Gasteiger partial charge on any atom is -0.394 e. The number of hydrogen-bond acceptors (Lipinski definition) is 8. The van der Waals surface area contributed by atoms with Gasteiger partial charge in [-0.05, 0) is 12.2 Å². The molecule has 10 heteroatoms. The molecule has 2 aromatic heterocycles. The number of rotatable bonds is 2. The van der Waals surface area contributed by atoms with Crippen LogP contribution in [-0.2, 0) is 4.74 Å². The van der Waals surface area contributed by atoms with Crippen LogP contribution in [0.5, 0.6) is 0 Å². The van der Waals surface area contributed by atoms with Crippen LogP contribution >= 0.6 is 12.2 Å². The minimum atomic E-state index is -1.26. The monoisotopic (exact) mass is 312 g/mol. The van der Waals surface area contributed by atoms with E-state index in [9.17, 15) is 15.0 Å². The van der Waals surface area contributed by atoms with Gasteiger partial charge in [0, 0.05) is 12.4 Å². The average molecular weight is 312 g/mol. The summed E-state index contributed by atoms with van der Waals surface area (Å²) in [6, 6.07) is 0. The molecule has 0 saturated carbocycles. The topological polar surface area (TPSA) is 133 Å². The predicted octanol–water partition coefficient (Wildman–Crippen LogP) is -1.54. The fourth-order valence-electron chi connectivity index (χ4n) is 2.23. The van der Waals surface area contributed by atoms with Gasteiger partial charge < -0.3 is 20.1 Å². The predicted molar refractivity (Wildman–Crippen MR) is 72.0 cm³/mol. The number of aromatic amines is 1. The van der Waals surface area contributed by atoms with Crippen molar-refractivity contribution in [1.82, 2.24) is 19.5 Å². The Labute approximate surface area is 122 Å². The Bertz CT molecular complexity index is 790. The summed E-state index contributed by atoms with van der Waals surface area (Å²) in [5, 5.41) is 29.3. The molecule has 0 bridgehead atoms. The first-order valence-electron chi connectivity index (χ1n) is 6.12. The maximum absolute atomic E-state index is 11.1. The molecule has 0 aromatic carbocycles. The van der Waals surface area contributed by atoms with Gasteiger partial charge in [0.15, 0.2) is 6.23 Å². The fraction of sp³-hybridized carbons (Fsp3) is 0.455. The fourth-order valence-corrected chi connectivity index (χ4v) is 2.48. The summed E-state index contributed by atoms with van der Waals surface area (Å²) in [6.07, 6.45) is -1.55. The van der Waals surface area contributed by atoms with Gasteiger partial charge in [-0.15, -0.1) is 0 Å². The molecule has 0 spiro atoms. The van der Waals surface area contributed by atoms with Crippen LogP contribution in [0.2, 0.25) is 0 Å². The van der Waals surface area contributed by atoms with E-state index in [1.165, 1.54) is 17.0 Å². The smallest absolute Gasteiger partial charge is 0.346 e. The standard InChI is InChI=1S/C11H12N4O5S/c16-3-5-6(17)7(18)9(20-5)15-2-4-1-12-10(19)13-8(4)14-11(15)21/h1-2,5-7,9,16-18H,3H2,(H,13,14,19,21)/t5-,6?,7?,9-/m1/s1. The summed E-state index contributed by atoms with van der Waals surface area (Å²) < 4.78 is 6.79. The minimum absolute atomic E-state index is 0.0548. The summed E-state index contributed by atoms with van der Waals surface area (Å²) in [5.41, 5.74) is -0.280. The van der Waals surface area contributed by atoms with Crippen LogP contribution in [0.4, 0.5) is 0 Å². The maximum Gasteiger partial charge on any atom is 0.346 e. The summed E-state index contributed by atoms with van der Waals surface area (Å²) in [7, 11) is 0. The molecular weight excluding hydrogens is 300 g/mol. The third kappa shape index (κ3) is 2.36. The summed E-state index contributed by atoms with van der Waals surface area (Å²) >= 11 is 5.10. The molecule has 0 amide bonds. The highest BCUT2D eigenvalue weighted by Gasteiger charge is 2.43. The van der Waals surface area contributed by atoms with E-state index in [0.717, 1.165) is 0 Å². The van der Waals surface area contributed by atoms with Crippen molar-refractivity contribution in [2.24, 2.45) is 0 Å². The molecule has 1 fully saturated rings. The second-order valence-electron chi connectivity index (χ2n) is 4.65. The highest BCUT2D eigenvalue weighted by molar-refractivity contribution is 7.71. The van der Waals surface area contributed by atoms with Gasteiger partial charge in [-0.2, -0.15) is 0 Å². The second-order valence-corrected chi connectivity index (χ2v) is 5.02. The van der Waals surface area contributed by atoms with Crippen molar-refractivity contribution in [3.63, 3.8) is 0 Å². The van der Waals surface area contributed by atoms with Crippen molar-refractivity contribution in [3.8, 4) is 0 Å². The number of H-pyrrole nitrogens is 1. The maximum atomic E-state index is 11.1. The van der Waals surface area contributed by atoms with Crippen molar-refractivity contribution in [3.05, 3.63) is 27.6 Å². The van der Waals surface area contributed by atoms with Gasteiger partial charge in [0.25, 0.3) is 0 Å². The van der Waals surface area contributed by atoms with Crippen molar-refractivity contribution >= 4 is 23.3 Å². The normalized spacial score (nSPS) is 29.1. The molecule has 4 atom stereocenters. The average Bonchev–Trinajstić information content (AvgIpc) is 2.74. The van der Waals surface area contributed by atoms with Crippen LogP contribution in [0, 0.1) is 4.77 Å². The zero-order valence-corrected chi connectivity index (χ0v) is 11.4. The molecule has 112 valence electrons. The Morgan fingerprint density at radius 1 is 1.43 bits per heavy atom. The van der Waals surface area contributed by atoms with Gasteiger partial charge in [0.1, 0.15) is 24.0 Å². The number of ether oxygens (including phenoxy) is 1. The lowest BCUT2D eigenvalue weighted by Crippen LogP contribution is -2.33. The molecule has 3 heterocycles. The van der Waals surface area contributed by atoms with E-state index >= 15 is 0 Å². The Balaban J connectivity index is 2.09. The quantitative estimate of drug-likeness (QED) is 0.490. The molecule has 9 nitrogen and oxygen atoms in total. The lowest BCUT2D eigenvalue weighted by molar-refractivity contribution is -0.0538.